The Balaban J connectivity index is 1.87. The summed E-state index contributed by atoms with van der Waals surface area (Å²) < 4.78 is 6.04. The molecule has 0 aromatic carbocycles. The van der Waals surface area contributed by atoms with Gasteiger partial charge in [0.1, 0.15) is 6.10 Å². The van der Waals surface area contributed by atoms with Gasteiger partial charge in [-0.15, -0.1) is 0 Å². The van der Waals surface area contributed by atoms with Crippen molar-refractivity contribution in [2.24, 2.45) is 11.7 Å². The SMILES string of the molecule is CC1CCCC(OC(C)C(=O)N2CCCCC2CN)C1. The Bertz CT molecular complexity index is 322. The summed E-state index contributed by atoms with van der Waals surface area (Å²) in [4.78, 5) is 14.5. The quantitative estimate of drug-likeness (QED) is 0.861. The molecular weight excluding hydrogens is 252 g/mol. The zero-order valence-corrected chi connectivity index (χ0v) is 13.0. The van der Waals surface area contributed by atoms with E-state index in [9.17, 15) is 4.79 Å². The van der Waals surface area contributed by atoms with Crippen LogP contribution >= 0.6 is 0 Å². The number of amides is 1. The normalized spacial score (nSPS) is 33.0. The third kappa shape index (κ3) is 3.95. The lowest BCUT2D eigenvalue weighted by Gasteiger charge is -2.37. The molecule has 1 saturated carbocycles. The molecule has 0 bridgehead atoms. The number of carbonyl (C=O) groups excluding carboxylic acids is 1. The first-order chi connectivity index (χ1) is 9.61. The molecule has 116 valence electrons. The monoisotopic (exact) mass is 282 g/mol. The van der Waals surface area contributed by atoms with E-state index >= 15 is 0 Å². The van der Waals surface area contributed by atoms with Crippen molar-refractivity contribution < 1.29 is 9.53 Å². The molecule has 4 atom stereocenters. The van der Waals surface area contributed by atoms with Gasteiger partial charge in [-0.3, -0.25) is 4.79 Å². The lowest BCUT2D eigenvalue weighted by Crippen LogP contribution is -2.51. The maximum Gasteiger partial charge on any atom is 0.251 e. The molecule has 0 aromatic rings. The Morgan fingerprint density at radius 3 is 2.80 bits per heavy atom. The van der Waals surface area contributed by atoms with E-state index in [2.05, 4.69) is 6.92 Å². The van der Waals surface area contributed by atoms with E-state index in [0.29, 0.717) is 6.54 Å². The van der Waals surface area contributed by atoms with Crippen LogP contribution in [0.5, 0.6) is 0 Å². The molecule has 4 unspecified atom stereocenters. The topological polar surface area (TPSA) is 55.6 Å². The van der Waals surface area contributed by atoms with Gasteiger partial charge in [-0.1, -0.05) is 19.8 Å². The maximum absolute atomic E-state index is 12.6. The standard InChI is InChI=1S/C16H30N2O2/c1-12-6-5-8-15(10-12)20-13(2)16(19)18-9-4-3-7-14(18)11-17/h12-15H,3-11,17H2,1-2H3. The summed E-state index contributed by atoms with van der Waals surface area (Å²) in [6.07, 6.45) is 7.97. The summed E-state index contributed by atoms with van der Waals surface area (Å²) in [5.74, 6) is 0.862. The Kier molecular flexibility index (Phi) is 5.85. The highest BCUT2D eigenvalue weighted by molar-refractivity contribution is 5.81. The molecule has 4 nitrogen and oxygen atoms in total. The number of nitrogens with two attached hydrogens (primary N) is 1. The van der Waals surface area contributed by atoms with Gasteiger partial charge in [0.2, 0.25) is 0 Å². The number of rotatable bonds is 4. The molecule has 1 aliphatic heterocycles. The zero-order valence-electron chi connectivity index (χ0n) is 13.0. The molecule has 4 heteroatoms. The largest absolute Gasteiger partial charge is 0.365 e. The van der Waals surface area contributed by atoms with Gasteiger partial charge in [0, 0.05) is 19.1 Å². The van der Waals surface area contributed by atoms with E-state index in [-0.39, 0.29) is 24.2 Å². The molecule has 2 N–H and O–H groups in total. The van der Waals surface area contributed by atoms with E-state index in [1.807, 2.05) is 11.8 Å². The van der Waals surface area contributed by atoms with Crippen LogP contribution in [-0.2, 0) is 9.53 Å². The summed E-state index contributed by atoms with van der Waals surface area (Å²) in [6.45, 7) is 5.59. The third-order valence-electron chi connectivity index (χ3n) is 4.81. The Morgan fingerprint density at radius 2 is 2.10 bits per heavy atom. The Morgan fingerprint density at radius 1 is 1.30 bits per heavy atom. The minimum Gasteiger partial charge on any atom is -0.365 e. The lowest BCUT2D eigenvalue weighted by molar-refractivity contribution is -0.151. The van der Waals surface area contributed by atoms with Gasteiger partial charge in [0.05, 0.1) is 6.10 Å². The fourth-order valence-corrected chi connectivity index (χ4v) is 3.62. The average molecular weight is 282 g/mol. The molecule has 2 fully saturated rings. The summed E-state index contributed by atoms with van der Waals surface area (Å²) in [5, 5.41) is 0. The third-order valence-corrected chi connectivity index (χ3v) is 4.81. The second kappa shape index (κ2) is 7.41. The molecule has 20 heavy (non-hydrogen) atoms. The molecule has 2 rings (SSSR count). The van der Waals surface area contributed by atoms with Crippen molar-refractivity contribution in [3.05, 3.63) is 0 Å². The van der Waals surface area contributed by atoms with Crippen molar-refractivity contribution in [3.63, 3.8) is 0 Å². The van der Waals surface area contributed by atoms with Gasteiger partial charge in [-0.2, -0.15) is 0 Å². The number of hydrogen-bond acceptors (Lipinski definition) is 3. The van der Waals surface area contributed by atoms with Gasteiger partial charge in [0.25, 0.3) is 5.91 Å². The van der Waals surface area contributed by atoms with Gasteiger partial charge in [-0.05, 0) is 44.9 Å². The minimum atomic E-state index is -0.322. The van der Waals surface area contributed by atoms with Crippen LogP contribution in [-0.4, -0.2) is 42.1 Å². The smallest absolute Gasteiger partial charge is 0.251 e. The summed E-state index contributed by atoms with van der Waals surface area (Å²) in [7, 11) is 0. The predicted molar refractivity (Wildman–Crippen MR) is 80.4 cm³/mol. The average Bonchev–Trinajstić information content (AvgIpc) is 2.46. The van der Waals surface area contributed by atoms with E-state index in [1.165, 1.54) is 19.3 Å². The number of ether oxygens (including phenoxy) is 1. The van der Waals surface area contributed by atoms with Crippen molar-refractivity contribution in [1.82, 2.24) is 4.90 Å². The van der Waals surface area contributed by atoms with Gasteiger partial charge in [0.15, 0.2) is 0 Å². The summed E-state index contributed by atoms with van der Waals surface area (Å²) >= 11 is 0. The molecule has 1 heterocycles. The number of carbonyl (C=O) groups is 1. The molecule has 1 amide bonds. The maximum atomic E-state index is 12.6. The second-order valence-corrected chi connectivity index (χ2v) is 6.59. The van der Waals surface area contributed by atoms with Crippen LogP contribution in [0.1, 0.15) is 58.8 Å². The molecule has 0 spiro atoms. The highest BCUT2D eigenvalue weighted by Gasteiger charge is 2.31. The fraction of sp³-hybridized carbons (Fsp3) is 0.938. The van der Waals surface area contributed by atoms with Gasteiger partial charge >= 0.3 is 0 Å². The first-order valence-corrected chi connectivity index (χ1v) is 8.27. The first-order valence-electron chi connectivity index (χ1n) is 8.27. The van der Waals surface area contributed by atoms with Gasteiger partial charge < -0.3 is 15.4 Å². The molecule has 0 aromatic heterocycles. The fourth-order valence-electron chi connectivity index (χ4n) is 3.62. The number of hydrogen-bond donors (Lipinski definition) is 1. The van der Waals surface area contributed by atoms with Gasteiger partial charge in [-0.25, -0.2) is 0 Å². The van der Waals surface area contributed by atoms with Crippen LogP contribution in [0.2, 0.25) is 0 Å². The van der Waals surface area contributed by atoms with Crippen LogP contribution in [0.3, 0.4) is 0 Å². The molecular formula is C16H30N2O2. The van der Waals surface area contributed by atoms with Crippen LogP contribution in [0.15, 0.2) is 0 Å². The lowest BCUT2D eigenvalue weighted by atomic mass is 9.88. The molecule has 1 saturated heterocycles. The summed E-state index contributed by atoms with van der Waals surface area (Å²) in [5.41, 5.74) is 5.80. The highest BCUT2D eigenvalue weighted by Crippen LogP contribution is 2.27. The van der Waals surface area contributed by atoms with E-state index in [0.717, 1.165) is 38.1 Å². The number of piperidine rings is 1. The Hall–Kier alpha value is -0.610. The Labute approximate surface area is 123 Å². The summed E-state index contributed by atoms with van der Waals surface area (Å²) in [6, 6.07) is 0.215. The molecule has 0 radical (unpaired) electrons. The van der Waals surface area contributed by atoms with E-state index in [4.69, 9.17) is 10.5 Å². The van der Waals surface area contributed by atoms with E-state index < -0.39 is 0 Å². The van der Waals surface area contributed by atoms with Crippen LogP contribution in [0.25, 0.3) is 0 Å². The predicted octanol–water partition coefficient (Wildman–Crippen LogP) is 2.31. The van der Waals surface area contributed by atoms with Crippen LogP contribution in [0, 0.1) is 5.92 Å². The number of likely N-dealkylation sites (tertiary alicyclic amines) is 1. The van der Waals surface area contributed by atoms with Crippen molar-refractivity contribution in [2.45, 2.75) is 77.0 Å². The minimum absolute atomic E-state index is 0.137. The van der Waals surface area contributed by atoms with Crippen molar-refractivity contribution >= 4 is 5.91 Å². The van der Waals surface area contributed by atoms with Crippen LogP contribution in [0.4, 0.5) is 0 Å². The molecule has 2 aliphatic rings. The van der Waals surface area contributed by atoms with Crippen LogP contribution < -0.4 is 5.73 Å². The number of nitrogens with zero attached hydrogens (tertiary/aromatic N) is 1. The van der Waals surface area contributed by atoms with E-state index in [1.54, 1.807) is 0 Å². The molecule has 1 aliphatic carbocycles. The van der Waals surface area contributed by atoms with Crippen molar-refractivity contribution in [1.29, 1.82) is 0 Å². The second-order valence-electron chi connectivity index (χ2n) is 6.59. The van der Waals surface area contributed by atoms with Crippen molar-refractivity contribution in [3.8, 4) is 0 Å². The van der Waals surface area contributed by atoms with Crippen molar-refractivity contribution in [2.75, 3.05) is 13.1 Å². The first kappa shape index (κ1) is 15.8. The highest BCUT2D eigenvalue weighted by atomic mass is 16.5. The zero-order chi connectivity index (χ0) is 14.5.